The van der Waals surface area contributed by atoms with Crippen LogP contribution in [0.3, 0.4) is 0 Å². The summed E-state index contributed by atoms with van der Waals surface area (Å²) in [6.07, 6.45) is 10.5. The van der Waals surface area contributed by atoms with Crippen molar-refractivity contribution in [2.24, 2.45) is 0 Å². The third-order valence-corrected chi connectivity index (χ3v) is 1.75. The first-order chi connectivity index (χ1) is 5.50. The van der Waals surface area contributed by atoms with Crippen LogP contribution in [0.5, 0.6) is 0 Å². The van der Waals surface area contributed by atoms with Gasteiger partial charge in [-0.25, -0.2) is 0 Å². The molecule has 1 aliphatic carbocycles. The Morgan fingerprint density at radius 2 is 0.500 bits per heavy atom. The van der Waals surface area contributed by atoms with E-state index < -0.39 is 0 Å². The normalized spacial score (nSPS) is 15.0. The molecule has 0 heterocycles. The molecule has 0 atom stereocenters. The van der Waals surface area contributed by atoms with Crippen LogP contribution in [0.15, 0.2) is 0 Å². The van der Waals surface area contributed by atoms with Gasteiger partial charge in [-0.1, -0.05) is 72.6 Å². The van der Waals surface area contributed by atoms with Crippen molar-refractivity contribution in [3.8, 4) is 0 Å². The average Bonchev–Trinajstić information content (AvgIpc) is 2.42. The Morgan fingerprint density at radius 3 is 0.583 bits per heavy atom. The van der Waals surface area contributed by atoms with Crippen molar-refractivity contribution in [3.63, 3.8) is 0 Å². The molecule has 2 N–H and O–H groups in total. The predicted octanol–water partition coefficient (Wildman–Crippen LogP) is 3.96. The molecule has 0 spiro atoms. The smallest absolute Gasteiger partial charge is 0.0533 e. The quantitative estimate of drug-likeness (QED) is 0.500. The lowest BCUT2D eigenvalue weighted by molar-refractivity contribution is 0.702. The maximum absolute atomic E-state index is 2.00. The highest BCUT2D eigenvalue weighted by Crippen LogP contribution is 2.15. The van der Waals surface area contributed by atoms with Crippen molar-refractivity contribution in [3.05, 3.63) is 0 Å². The molecule has 1 heteroatoms. The van der Waals surface area contributed by atoms with Crippen LogP contribution >= 0.6 is 0 Å². The molecule has 1 aliphatic rings. The van der Waals surface area contributed by atoms with Gasteiger partial charge in [0.15, 0.2) is 0 Å². The van der Waals surface area contributed by atoms with E-state index in [2.05, 4.69) is 0 Å². The highest BCUT2D eigenvalue weighted by molar-refractivity contribution is 4.51. The second kappa shape index (κ2) is 22.4. The predicted molar refractivity (Wildman–Crippen MR) is 58.6 cm³/mol. The Kier molecular flexibility index (Phi) is 33.5. The molecule has 0 amide bonds. The first kappa shape index (κ1) is 17.9. The fraction of sp³-hybridized carbons (Fsp3) is 1.00. The summed E-state index contributed by atoms with van der Waals surface area (Å²) in [6.45, 7) is 8.00. The first-order valence-electron chi connectivity index (χ1n) is 5.50. The molecule has 1 rings (SSSR count). The summed E-state index contributed by atoms with van der Waals surface area (Å²) in [6, 6.07) is 0. The summed E-state index contributed by atoms with van der Waals surface area (Å²) in [5.41, 5.74) is 0. The molecule has 78 valence electrons. The molecule has 12 heavy (non-hydrogen) atoms. The lowest BCUT2D eigenvalue weighted by Crippen LogP contribution is -1.66. The van der Waals surface area contributed by atoms with E-state index in [1.54, 1.807) is 0 Å². The standard InChI is InChI=1S/C7H14.2C2H6.H2O/c1-2-4-6-7-5-3-1;2*1-2;/h1-7H2;2*1-2H3;1H2. The van der Waals surface area contributed by atoms with Gasteiger partial charge < -0.3 is 5.48 Å². The minimum atomic E-state index is 0. The van der Waals surface area contributed by atoms with Gasteiger partial charge in [0.1, 0.15) is 0 Å². The molecule has 0 bridgehead atoms. The van der Waals surface area contributed by atoms with Crippen LogP contribution in [0.25, 0.3) is 0 Å². The summed E-state index contributed by atoms with van der Waals surface area (Å²) in [5, 5.41) is 0. The Bertz CT molecular complexity index is 24.6. The molecule has 0 aliphatic heterocycles. The molecular weight excluding hydrogens is 148 g/mol. The van der Waals surface area contributed by atoms with Gasteiger partial charge in [-0.05, 0) is 0 Å². The summed E-state index contributed by atoms with van der Waals surface area (Å²) in [7, 11) is 0. The van der Waals surface area contributed by atoms with Crippen LogP contribution in [0.1, 0.15) is 72.6 Å². The van der Waals surface area contributed by atoms with Gasteiger partial charge in [-0.2, -0.15) is 0 Å². The molecule has 0 aromatic heterocycles. The minimum absolute atomic E-state index is 0. The van der Waals surface area contributed by atoms with Gasteiger partial charge in [0.05, 0.1) is 0 Å². The Hall–Kier alpha value is -0.0400. The molecular formula is C11H28O. The van der Waals surface area contributed by atoms with E-state index >= 15 is 0 Å². The van der Waals surface area contributed by atoms with Gasteiger partial charge in [-0.15, -0.1) is 0 Å². The Balaban J connectivity index is -0.000000144. The topological polar surface area (TPSA) is 31.5 Å². The molecule has 0 unspecified atom stereocenters. The van der Waals surface area contributed by atoms with Crippen LogP contribution in [0, 0.1) is 0 Å². The van der Waals surface area contributed by atoms with E-state index in [-0.39, 0.29) is 5.48 Å². The zero-order valence-electron chi connectivity index (χ0n) is 9.45. The summed E-state index contributed by atoms with van der Waals surface area (Å²) >= 11 is 0. The van der Waals surface area contributed by atoms with Gasteiger partial charge >= 0.3 is 0 Å². The van der Waals surface area contributed by atoms with Crippen LogP contribution < -0.4 is 0 Å². The minimum Gasteiger partial charge on any atom is -0.412 e. The van der Waals surface area contributed by atoms with Gasteiger partial charge in [-0.3, -0.25) is 0 Å². The van der Waals surface area contributed by atoms with E-state index in [1.165, 1.54) is 44.9 Å². The Labute approximate surface area is 78.9 Å². The Morgan fingerprint density at radius 1 is 0.417 bits per heavy atom. The third-order valence-electron chi connectivity index (χ3n) is 1.75. The highest BCUT2D eigenvalue weighted by atomic mass is 16.0. The SMILES string of the molecule is C1CCCCCC1.CC.CC.O. The van der Waals surface area contributed by atoms with Gasteiger partial charge in [0.25, 0.3) is 0 Å². The molecule has 1 saturated carbocycles. The first-order valence-corrected chi connectivity index (χ1v) is 5.50. The molecule has 1 nitrogen and oxygen atoms in total. The van der Waals surface area contributed by atoms with Crippen molar-refractivity contribution < 1.29 is 5.48 Å². The van der Waals surface area contributed by atoms with Gasteiger partial charge in [0.2, 0.25) is 0 Å². The second-order valence-electron chi connectivity index (χ2n) is 2.47. The lowest BCUT2D eigenvalue weighted by Gasteiger charge is -1.85. The molecule has 0 aromatic rings. The maximum Gasteiger partial charge on any atom is -0.0533 e. The fourth-order valence-electron chi connectivity index (χ4n) is 1.24. The molecule has 1 fully saturated rings. The van der Waals surface area contributed by atoms with Crippen molar-refractivity contribution in [2.45, 2.75) is 72.6 Å². The molecule has 0 radical (unpaired) electrons. The summed E-state index contributed by atoms with van der Waals surface area (Å²) in [5.74, 6) is 0. The largest absolute Gasteiger partial charge is 0.412 e. The number of hydrogen-bond donors (Lipinski definition) is 0. The van der Waals surface area contributed by atoms with Crippen molar-refractivity contribution >= 4 is 0 Å². The van der Waals surface area contributed by atoms with Crippen molar-refractivity contribution in [1.29, 1.82) is 0 Å². The summed E-state index contributed by atoms with van der Waals surface area (Å²) < 4.78 is 0. The molecule has 0 aromatic carbocycles. The third kappa shape index (κ3) is 16.5. The van der Waals surface area contributed by atoms with Crippen LogP contribution in [-0.4, -0.2) is 5.48 Å². The van der Waals surface area contributed by atoms with Crippen molar-refractivity contribution in [2.75, 3.05) is 0 Å². The lowest BCUT2D eigenvalue weighted by atomic mass is 10.2. The monoisotopic (exact) mass is 176 g/mol. The highest BCUT2D eigenvalue weighted by Gasteiger charge is 1.95. The van der Waals surface area contributed by atoms with E-state index in [4.69, 9.17) is 0 Å². The number of hydrogen-bond acceptors (Lipinski definition) is 0. The fourth-order valence-corrected chi connectivity index (χ4v) is 1.24. The van der Waals surface area contributed by atoms with E-state index in [1.807, 2.05) is 27.7 Å². The van der Waals surface area contributed by atoms with E-state index in [0.29, 0.717) is 0 Å². The van der Waals surface area contributed by atoms with Crippen LogP contribution in [0.4, 0.5) is 0 Å². The van der Waals surface area contributed by atoms with Crippen LogP contribution in [-0.2, 0) is 0 Å². The zero-order chi connectivity index (χ0) is 8.95. The number of rotatable bonds is 0. The van der Waals surface area contributed by atoms with Crippen molar-refractivity contribution in [1.82, 2.24) is 0 Å². The molecule has 0 saturated heterocycles. The summed E-state index contributed by atoms with van der Waals surface area (Å²) in [4.78, 5) is 0. The van der Waals surface area contributed by atoms with Crippen LogP contribution in [0.2, 0.25) is 0 Å². The maximum atomic E-state index is 2.00. The van der Waals surface area contributed by atoms with Gasteiger partial charge in [0, 0.05) is 0 Å². The van der Waals surface area contributed by atoms with E-state index in [0.717, 1.165) is 0 Å². The van der Waals surface area contributed by atoms with E-state index in [9.17, 15) is 0 Å². The second-order valence-corrected chi connectivity index (χ2v) is 2.47. The zero-order valence-corrected chi connectivity index (χ0v) is 9.45. The average molecular weight is 176 g/mol.